The largest absolute Gasteiger partial charge is 0.477 e. The molecule has 5 nitrogen and oxygen atoms in total. The molecule has 1 aromatic heterocycles. The van der Waals surface area contributed by atoms with Crippen LogP contribution in [0.4, 0.5) is 0 Å². The van der Waals surface area contributed by atoms with Gasteiger partial charge in [-0.15, -0.1) is 0 Å². The topological polar surface area (TPSA) is 64.4 Å². The Balaban J connectivity index is 2.77. The first-order valence-electron chi connectivity index (χ1n) is 4.43. The van der Waals surface area contributed by atoms with E-state index >= 15 is 0 Å². The van der Waals surface area contributed by atoms with Gasteiger partial charge in [-0.1, -0.05) is 0 Å². The summed E-state index contributed by atoms with van der Waals surface area (Å²) in [5.41, 5.74) is 0.472. The Bertz CT molecular complexity index is 360. The van der Waals surface area contributed by atoms with E-state index in [1.54, 1.807) is 13.2 Å². The third kappa shape index (κ3) is 2.56. The van der Waals surface area contributed by atoms with Crippen molar-refractivity contribution in [2.75, 3.05) is 13.2 Å². The Morgan fingerprint density at radius 2 is 2.36 bits per heavy atom. The highest BCUT2D eigenvalue weighted by molar-refractivity contribution is 5.20. The highest BCUT2D eigenvalue weighted by Gasteiger charge is 2.03. The summed E-state index contributed by atoms with van der Waals surface area (Å²) in [5, 5.41) is 8.55. The van der Waals surface area contributed by atoms with Gasteiger partial charge in [0.1, 0.15) is 0 Å². The van der Waals surface area contributed by atoms with Crippen LogP contribution < -0.4 is 10.4 Å². The first-order chi connectivity index (χ1) is 6.65. The lowest BCUT2D eigenvalue weighted by Gasteiger charge is -2.07. The second-order valence-electron chi connectivity index (χ2n) is 3.05. The molecule has 78 valence electrons. The van der Waals surface area contributed by atoms with Crippen LogP contribution in [-0.2, 0) is 7.05 Å². The number of ether oxygens (including phenoxy) is 1. The molecule has 0 radical (unpaired) electrons. The van der Waals surface area contributed by atoms with Gasteiger partial charge in [-0.25, -0.2) is 4.79 Å². The van der Waals surface area contributed by atoms with Crippen molar-refractivity contribution in [3.63, 3.8) is 0 Å². The molecule has 0 aliphatic rings. The summed E-state index contributed by atoms with van der Waals surface area (Å²) in [6, 6.07) is 0. The zero-order chi connectivity index (χ0) is 10.6. The van der Waals surface area contributed by atoms with E-state index in [-0.39, 0.29) is 12.3 Å². The minimum Gasteiger partial charge on any atom is -0.477 e. The lowest BCUT2D eigenvalue weighted by Crippen LogP contribution is -2.21. The van der Waals surface area contributed by atoms with Crippen LogP contribution >= 0.6 is 0 Å². The van der Waals surface area contributed by atoms with Gasteiger partial charge < -0.3 is 14.4 Å². The molecule has 0 bridgehead atoms. The zero-order valence-corrected chi connectivity index (χ0v) is 8.36. The number of hydrogen-bond acceptors (Lipinski definition) is 4. The highest BCUT2D eigenvalue weighted by atomic mass is 16.5. The molecular formula is C9H14N2O3. The average molecular weight is 198 g/mol. The van der Waals surface area contributed by atoms with Crippen LogP contribution in [0, 0.1) is 6.92 Å². The van der Waals surface area contributed by atoms with Crippen molar-refractivity contribution in [2.45, 2.75) is 13.3 Å². The van der Waals surface area contributed by atoms with Crippen molar-refractivity contribution in [1.29, 1.82) is 0 Å². The monoisotopic (exact) mass is 198 g/mol. The minimum atomic E-state index is -0.338. The standard InChI is InChI=1S/C9H14N2O3/c1-7-6-11(2)9(13)10-8(7)14-5-3-4-12/h6,12H,3-5H2,1-2H3. The van der Waals surface area contributed by atoms with E-state index in [4.69, 9.17) is 9.84 Å². The van der Waals surface area contributed by atoms with Crippen LogP contribution in [0.5, 0.6) is 5.88 Å². The molecule has 5 heteroatoms. The van der Waals surface area contributed by atoms with Crippen molar-refractivity contribution in [2.24, 2.45) is 7.05 Å². The van der Waals surface area contributed by atoms with Gasteiger partial charge in [0.15, 0.2) is 0 Å². The molecule has 1 aromatic rings. The third-order valence-electron chi connectivity index (χ3n) is 1.76. The van der Waals surface area contributed by atoms with Crippen molar-refractivity contribution in [1.82, 2.24) is 9.55 Å². The van der Waals surface area contributed by atoms with Crippen LogP contribution in [0.2, 0.25) is 0 Å². The Labute approximate surface area is 82.0 Å². The van der Waals surface area contributed by atoms with Crippen LogP contribution in [0.1, 0.15) is 12.0 Å². The van der Waals surface area contributed by atoms with Crippen molar-refractivity contribution in [3.8, 4) is 5.88 Å². The molecule has 1 N–H and O–H groups in total. The summed E-state index contributed by atoms with van der Waals surface area (Å²) >= 11 is 0. The number of aliphatic hydroxyl groups excluding tert-OH is 1. The van der Waals surface area contributed by atoms with E-state index < -0.39 is 0 Å². The summed E-state index contributed by atoms with van der Waals surface area (Å²) in [5.74, 6) is 0.349. The maximum absolute atomic E-state index is 11.1. The molecule has 0 unspecified atom stereocenters. The summed E-state index contributed by atoms with van der Waals surface area (Å²) in [6.45, 7) is 2.27. The van der Waals surface area contributed by atoms with E-state index in [9.17, 15) is 4.79 Å². The molecular weight excluding hydrogens is 184 g/mol. The smallest absolute Gasteiger partial charge is 0.350 e. The lowest BCUT2D eigenvalue weighted by molar-refractivity contribution is 0.227. The van der Waals surface area contributed by atoms with Gasteiger partial charge in [-0.3, -0.25) is 0 Å². The van der Waals surface area contributed by atoms with Crippen molar-refractivity contribution in [3.05, 3.63) is 22.2 Å². The number of hydrogen-bond donors (Lipinski definition) is 1. The Hall–Kier alpha value is -1.36. The second-order valence-corrected chi connectivity index (χ2v) is 3.05. The van der Waals surface area contributed by atoms with Gasteiger partial charge in [-0.05, 0) is 6.92 Å². The van der Waals surface area contributed by atoms with E-state index in [1.165, 1.54) is 4.57 Å². The fourth-order valence-corrected chi connectivity index (χ4v) is 1.03. The van der Waals surface area contributed by atoms with Crippen LogP contribution in [0.25, 0.3) is 0 Å². The normalized spacial score (nSPS) is 10.2. The lowest BCUT2D eigenvalue weighted by atomic mass is 10.4. The first kappa shape index (κ1) is 10.7. The number of aromatic nitrogens is 2. The fourth-order valence-electron chi connectivity index (χ4n) is 1.03. The molecule has 0 aliphatic carbocycles. The van der Waals surface area contributed by atoms with E-state index in [2.05, 4.69) is 4.98 Å². The van der Waals surface area contributed by atoms with Gasteiger partial charge >= 0.3 is 5.69 Å². The fraction of sp³-hybridized carbons (Fsp3) is 0.556. The molecule has 0 saturated heterocycles. The molecule has 0 spiro atoms. The first-order valence-corrected chi connectivity index (χ1v) is 4.43. The summed E-state index contributed by atoms with van der Waals surface area (Å²) < 4.78 is 6.63. The highest BCUT2D eigenvalue weighted by Crippen LogP contribution is 2.09. The quantitative estimate of drug-likeness (QED) is 0.683. The average Bonchev–Trinajstić information content (AvgIpc) is 2.14. The molecule has 0 amide bonds. The van der Waals surface area contributed by atoms with Crippen LogP contribution in [0.3, 0.4) is 0 Å². The Morgan fingerprint density at radius 1 is 1.64 bits per heavy atom. The summed E-state index contributed by atoms with van der Waals surface area (Å²) in [6.07, 6.45) is 2.21. The van der Waals surface area contributed by atoms with E-state index in [1.807, 2.05) is 6.92 Å². The maximum Gasteiger partial charge on any atom is 0.350 e. The SMILES string of the molecule is Cc1cn(C)c(=O)nc1OCCCO. The van der Waals surface area contributed by atoms with Crippen LogP contribution in [0.15, 0.2) is 11.0 Å². The molecule has 0 fully saturated rings. The van der Waals surface area contributed by atoms with E-state index in [0.29, 0.717) is 18.9 Å². The van der Waals surface area contributed by atoms with Crippen molar-refractivity contribution < 1.29 is 9.84 Å². The van der Waals surface area contributed by atoms with Crippen LogP contribution in [-0.4, -0.2) is 27.9 Å². The van der Waals surface area contributed by atoms with Gasteiger partial charge in [0.2, 0.25) is 5.88 Å². The number of rotatable bonds is 4. The zero-order valence-electron chi connectivity index (χ0n) is 8.36. The van der Waals surface area contributed by atoms with E-state index in [0.717, 1.165) is 5.56 Å². The molecule has 14 heavy (non-hydrogen) atoms. The molecule has 0 aliphatic heterocycles. The molecule has 1 rings (SSSR count). The minimum absolute atomic E-state index is 0.0733. The summed E-state index contributed by atoms with van der Waals surface area (Å²) in [7, 11) is 1.64. The van der Waals surface area contributed by atoms with Crippen molar-refractivity contribution >= 4 is 0 Å². The third-order valence-corrected chi connectivity index (χ3v) is 1.76. The van der Waals surface area contributed by atoms with Gasteiger partial charge in [-0.2, -0.15) is 4.98 Å². The number of aliphatic hydroxyl groups is 1. The maximum atomic E-state index is 11.1. The number of aryl methyl sites for hydroxylation is 2. The summed E-state index contributed by atoms with van der Waals surface area (Å²) in [4.78, 5) is 14.9. The predicted molar refractivity (Wildman–Crippen MR) is 51.4 cm³/mol. The number of nitrogens with zero attached hydrogens (tertiary/aromatic N) is 2. The second kappa shape index (κ2) is 4.76. The van der Waals surface area contributed by atoms with Gasteiger partial charge in [0.05, 0.1) is 6.61 Å². The molecule has 0 atom stereocenters. The van der Waals surface area contributed by atoms with Gasteiger partial charge in [0, 0.05) is 31.8 Å². The Kier molecular flexibility index (Phi) is 3.64. The Morgan fingerprint density at radius 3 is 3.00 bits per heavy atom. The predicted octanol–water partition coefficient (Wildman–Crippen LogP) is -0.150. The molecule has 0 saturated carbocycles. The molecule has 0 aromatic carbocycles. The van der Waals surface area contributed by atoms with Gasteiger partial charge in [0.25, 0.3) is 0 Å². The molecule has 1 heterocycles.